The number of aryl methyl sites for hydroxylation is 1. The van der Waals surface area contributed by atoms with Gasteiger partial charge >= 0.3 is 55.5 Å². The van der Waals surface area contributed by atoms with Gasteiger partial charge in [0.15, 0.2) is 7.14 Å². The Labute approximate surface area is 272 Å². The van der Waals surface area contributed by atoms with Gasteiger partial charge in [-0.3, -0.25) is 25.3 Å². The average Bonchev–Trinajstić information content (AvgIpc) is 2.88. The Morgan fingerprint density at radius 2 is 0.750 bits per heavy atom. The van der Waals surface area contributed by atoms with Gasteiger partial charge in [0.2, 0.25) is 0 Å². The summed E-state index contributed by atoms with van der Waals surface area (Å²) < 4.78 is 252. The molecule has 6 nitrogen and oxygen atoms in total. The summed E-state index contributed by atoms with van der Waals surface area (Å²) in [6, 6.07) is 18.1. The Morgan fingerprint density at radius 1 is 0.500 bits per heavy atom. The van der Waals surface area contributed by atoms with Gasteiger partial charge in [0.1, 0.15) is 29.5 Å². The minimum atomic E-state index is -9.24. The summed E-state index contributed by atoms with van der Waals surface area (Å²) in [7, 11) is -27.7. The fourth-order valence-electron chi connectivity index (χ4n) is 2.84. The van der Waals surface area contributed by atoms with E-state index in [1.807, 2.05) is 0 Å². The molecular weight excluding hydrogens is 880 g/mol. The van der Waals surface area contributed by atoms with Crippen LogP contribution in [0.2, 0.25) is 0 Å². The lowest BCUT2D eigenvalue weighted by Gasteiger charge is -2.38. The number of hydrogen-bond donors (Lipinski definition) is 0. The van der Waals surface area contributed by atoms with Gasteiger partial charge in [0.25, 0.3) is 0 Å². The van der Waals surface area contributed by atoms with Crippen LogP contribution in [0, 0.1) is 18.0 Å². The van der Waals surface area contributed by atoms with Crippen LogP contribution >= 0.6 is 0 Å². The molecule has 0 saturated heterocycles. The van der Waals surface area contributed by atoms with Crippen molar-refractivity contribution in [1.29, 1.82) is 0 Å². The maximum Gasteiger partial charge on any atom is 0.466 e. The van der Waals surface area contributed by atoms with Crippen LogP contribution in [0.5, 0.6) is 0 Å². The number of hydrogen-bond acceptors (Lipinski definition) is 6. The summed E-state index contributed by atoms with van der Waals surface area (Å²) in [4.78, 5) is 0. The van der Waals surface area contributed by atoms with Crippen molar-refractivity contribution in [3.63, 3.8) is 0 Å². The van der Waals surface area contributed by atoms with Crippen LogP contribution in [-0.2, 0) is 29.5 Å². The normalized spacial score (nSPS) is 14.6. The highest BCUT2D eigenvalue weighted by atomic mass is 127. The molecule has 0 saturated carbocycles. The molecule has 25 heteroatoms. The van der Waals surface area contributed by atoms with Gasteiger partial charge in [-0.1, -0.05) is 43.7 Å². The van der Waals surface area contributed by atoms with Gasteiger partial charge in [-0.2, -0.15) is 65.9 Å². The van der Waals surface area contributed by atoms with Crippen molar-refractivity contribution in [2.24, 2.45) is 0 Å². The molecule has 0 aliphatic carbocycles. The van der Waals surface area contributed by atoms with Gasteiger partial charge in [0, 0.05) is 0 Å². The van der Waals surface area contributed by atoms with Gasteiger partial charge in [-0.15, -0.1) is 0 Å². The Kier molecular flexibility index (Phi) is 12.8. The smallest absolute Gasteiger partial charge is 0.254 e. The fraction of sp³-hybridized carbons (Fsp3) is 0.435. The fourth-order valence-corrected chi connectivity index (χ4v) is 11.9. The number of benzene rings is 2. The second-order valence-electron chi connectivity index (χ2n) is 9.40. The standard InChI is InChI=1S/C16H18I.C7F15O6S3/c1-12(2)14-6-10-16(11-7-14)17-15-8-4-13(3)5-9-15;8-2(9,10)5(17,18)29(23,24)1(30(25,26)6(19,20)3(11,12)13)31(27,28)7(21,22)4(14,15)16/h4-12H,1-3H3;/q+1;-1. The van der Waals surface area contributed by atoms with Crippen molar-refractivity contribution in [3.8, 4) is 0 Å². The Bertz CT molecular complexity index is 1620. The molecule has 0 radical (unpaired) electrons. The number of rotatable bonds is 9. The van der Waals surface area contributed by atoms with Crippen LogP contribution in [0.15, 0.2) is 48.5 Å². The summed E-state index contributed by atoms with van der Waals surface area (Å²) in [5.74, 6) is 0.627. The van der Waals surface area contributed by atoms with E-state index in [-0.39, 0.29) is 21.2 Å². The summed E-state index contributed by atoms with van der Waals surface area (Å²) >= 11 is -0.0167. The lowest BCUT2D eigenvalue weighted by atomic mass is 10.0. The van der Waals surface area contributed by atoms with Crippen molar-refractivity contribution >= 4 is 29.5 Å². The molecule has 0 amide bonds. The molecule has 0 spiro atoms. The first kappa shape index (κ1) is 44.0. The molecule has 0 aliphatic heterocycles. The first-order chi connectivity index (χ1) is 21.0. The molecule has 0 heterocycles. The maximum absolute atomic E-state index is 13.1. The van der Waals surface area contributed by atoms with E-state index in [2.05, 4.69) is 69.3 Å². The zero-order valence-corrected chi connectivity index (χ0v) is 28.0. The van der Waals surface area contributed by atoms with Crippen molar-refractivity contribution in [2.45, 2.75) is 61.0 Å². The summed E-state index contributed by atoms with van der Waals surface area (Å²) in [5, 5.41) is -24.2. The van der Waals surface area contributed by atoms with E-state index < -0.39 is 67.7 Å². The second-order valence-corrected chi connectivity index (χ2v) is 19.0. The zero-order valence-electron chi connectivity index (χ0n) is 23.4. The second kappa shape index (κ2) is 13.9. The number of alkyl halides is 15. The number of halogens is 16. The van der Waals surface area contributed by atoms with Crippen LogP contribution in [0.1, 0.15) is 30.9 Å². The predicted molar refractivity (Wildman–Crippen MR) is 132 cm³/mol. The van der Waals surface area contributed by atoms with E-state index in [0.29, 0.717) is 5.92 Å². The molecule has 0 fully saturated rings. The van der Waals surface area contributed by atoms with E-state index in [4.69, 9.17) is 0 Å². The largest absolute Gasteiger partial charge is 0.466 e. The average molecular weight is 898 g/mol. The highest BCUT2D eigenvalue weighted by molar-refractivity contribution is 8.29. The van der Waals surface area contributed by atoms with Crippen molar-refractivity contribution < 1.29 is 112 Å². The third-order valence-electron chi connectivity index (χ3n) is 5.43. The minimum absolute atomic E-state index is 0.0167. The molecular formula is C23H18F15IO6S3. The van der Waals surface area contributed by atoms with E-state index in [9.17, 15) is 91.1 Å². The van der Waals surface area contributed by atoms with Crippen LogP contribution in [0.3, 0.4) is 0 Å². The van der Waals surface area contributed by atoms with E-state index in [1.54, 1.807) is 0 Å². The van der Waals surface area contributed by atoms with Crippen molar-refractivity contribution in [3.05, 3.63) is 70.7 Å². The molecule has 2 rings (SSSR count). The van der Waals surface area contributed by atoms with E-state index >= 15 is 0 Å². The Balaban J connectivity index is 0.000000563. The zero-order chi connectivity index (χ0) is 38.3. The molecule has 0 unspecified atom stereocenters. The van der Waals surface area contributed by atoms with Crippen LogP contribution < -0.4 is 21.2 Å². The number of sulfone groups is 3. The highest BCUT2D eigenvalue weighted by Crippen LogP contribution is 2.56. The van der Waals surface area contributed by atoms with Gasteiger partial charge in [-0.05, 0) is 42.7 Å². The van der Waals surface area contributed by atoms with Crippen molar-refractivity contribution in [2.75, 3.05) is 0 Å². The topological polar surface area (TPSA) is 102 Å². The molecule has 0 bridgehead atoms. The monoisotopic (exact) mass is 898 g/mol. The van der Waals surface area contributed by atoms with E-state index in [1.165, 1.54) is 18.3 Å². The third kappa shape index (κ3) is 8.46. The minimum Gasteiger partial charge on any atom is -0.254 e. The van der Waals surface area contributed by atoms with Crippen LogP contribution in [0.4, 0.5) is 65.9 Å². The van der Waals surface area contributed by atoms with Gasteiger partial charge in [-0.25, -0.2) is 0 Å². The van der Waals surface area contributed by atoms with E-state index in [0.717, 1.165) is 0 Å². The first-order valence-corrected chi connectivity index (χ1v) is 18.4. The maximum atomic E-state index is 13.1. The van der Waals surface area contributed by atoms with Gasteiger partial charge < -0.3 is 0 Å². The predicted octanol–water partition coefficient (Wildman–Crippen LogP) is 4.39. The molecule has 0 aromatic heterocycles. The first-order valence-electron chi connectivity index (χ1n) is 11.8. The highest BCUT2D eigenvalue weighted by Gasteiger charge is 2.77. The molecule has 2 aromatic rings. The van der Waals surface area contributed by atoms with Gasteiger partial charge in [0.05, 0.1) is 3.91 Å². The SMILES string of the molecule is Cc1ccc([I+]c2ccc(C(C)C)cc2)cc1.O=S(=O)([C-](S(=O)(=O)C(F)(F)C(F)(F)F)S(=O)(=O)C(F)(F)C(F)(F)F)C(F)(F)C(F)(F)F. The summed E-state index contributed by atoms with van der Waals surface area (Å²) in [5.41, 5.74) is 2.77. The molecule has 0 N–H and O–H groups in total. The Hall–Kier alpha value is -2.03. The third-order valence-corrected chi connectivity index (χ3v) is 16.1. The summed E-state index contributed by atoms with van der Waals surface area (Å²) in [6.07, 6.45) is -23.4. The quantitative estimate of drug-likeness (QED) is 0.211. The Morgan fingerprint density at radius 3 is 0.979 bits per heavy atom. The van der Waals surface area contributed by atoms with Crippen LogP contribution in [0.25, 0.3) is 0 Å². The van der Waals surface area contributed by atoms with Crippen LogP contribution in [-0.4, -0.2) is 59.5 Å². The lowest BCUT2D eigenvalue weighted by Crippen LogP contribution is -3.61. The lowest BCUT2D eigenvalue weighted by molar-refractivity contribution is -0.597. The molecule has 0 aliphatic rings. The molecule has 276 valence electrons. The summed E-state index contributed by atoms with van der Waals surface area (Å²) in [6.45, 7) is 6.62. The molecule has 0 atom stereocenters. The van der Waals surface area contributed by atoms with Crippen molar-refractivity contribution in [1.82, 2.24) is 0 Å². The molecule has 2 aromatic carbocycles. The molecule has 48 heavy (non-hydrogen) atoms.